The number of amides is 1. The first-order chi connectivity index (χ1) is 10.9. The first kappa shape index (κ1) is 17.3. The van der Waals surface area contributed by atoms with Crippen molar-refractivity contribution in [3.63, 3.8) is 0 Å². The molecule has 1 aromatic carbocycles. The number of hydrogen-bond donors (Lipinski definition) is 2. The van der Waals surface area contributed by atoms with E-state index in [0.717, 1.165) is 30.0 Å². The van der Waals surface area contributed by atoms with E-state index in [2.05, 4.69) is 36.6 Å². The molecule has 1 aliphatic carbocycles. The van der Waals surface area contributed by atoms with Crippen LogP contribution in [0.5, 0.6) is 5.75 Å². The highest BCUT2D eigenvalue weighted by Gasteiger charge is 2.29. The summed E-state index contributed by atoms with van der Waals surface area (Å²) in [5.41, 5.74) is 4.90. The van der Waals surface area contributed by atoms with Gasteiger partial charge in [-0.05, 0) is 54.9 Å². The molecule has 1 amide bonds. The van der Waals surface area contributed by atoms with Crippen LogP contribution in [0.4, 0.5) is 5.69 Å². The molecule has 0 radical (unpaired) electrons. The van der Waals surface area contributed by atoms with Crippen LogP contribution in [0.15, 0.2) is 29.4 Å². The van der Waals surface area contributed by atoms with Crippen molar-refractivity contribution in [3.8, 4) is 5.75 Å². The summed E-state index contributed by atoms with van der Waals surface area (Å²) in [5, 5.41) is 7.40. The molecule has 0 spiro atoms. The Bertz CT molecular complexity index is 564. The summed E-state index contributed by atoms with van der Waals surface area (Å²) in [6, 6.07) is 7.46. The Hall–Kier alpha value is -2.04. The van der Waals surface area contributed by atoms with Gasteiger partial charge in [0.15, 0.2) is 0 Å². The van der Waals surface area contributed by atoms with Gasteiger partial charge < -0.3 is 10.1 Å². The van der Waals surface area contributed by atoms with Crippen molar-refractivity contribution in [3.05, 3.63) is 24.3 Å². The van der Waals surface area contributed by atoms with Crippen molar-refractivity contribution in [2.45, 2.75) is 40.0 Å². The lowest BCUT2D eigenvalue weighted by atomic mass is 9.72. The zero-order chi connectivity index (χ0) is 16.9. The summed E-state index contributed by atoms with van der Waals surface area (Å²) in [6.45, 7) is 6.95. The number of carbonyl (C=O) groups excluding carboxylic acids is 1. The largest absolute Gasteiger partial charge is 0.497 e. The molecule has 2 rings (SSSR count). The van der Waals surface area contributed by atoms with Gasteiger partial charge in [-0.25, -0.2) is 5.43 Å². The van der Waals surface area contributed by atoms with E-state index in [0.29, 0.717) is 5.92 Å². The monoisotopic (exact) mass is 317 g/mol. The van der Waals surface area contributed by atoms with Gasteiger partial charge in [-0.15, -0.1) is 0 Å². The second-order valence-electron chi connectivity index (χ2n) is 7.15. The van der Waals surface area contributed by atoms with Gasteiger partial charge in [-0.3, -0.25) is 4.79 Å². The summed E-state index contributed by atoms with van der Waals surface area (Å²) < 4.78 is 5.10. The fourth-order valence-electron chi connectivity index (χ4n) is 3.27. The summed E-state index contributed by atoms with van der Waals surface area (Å²) >= 11 is 0. The zero-order valence-electron chi connectivity index (χ0n) is 14.5. The molecule has 0 unspecified atom stereocenters. The smallest absolute Gasteiger partial charge is 0.259 e. The van der Waals surface area contributed by atoms with Crippen LogP contribution in [0.3, 0.4) is 0 Å². The number of ether oxygens (including phenoxy) is 1. The lowest BCUT2D eigenvalue weighted by Crippen LogP contribution is -2.31. The maximum absolute atomic E-state index is 11.9. The third kappa shape index (κ3) is 5.58. The van der Waals surface area contributed by atoms with Crippen molar-refractivity contribution in [2.75, 3.05) is 19.0 Å². The highest BCUT2D eigenvalue weighted by atomic mass is 16.5. The van der Waals surface area contributed by atoms with E-state index in [1.165, 1.54) is 6.42 Å². The average molecular weight is 317 g/mol. The zero-order valence-corrected chi connectivity index (χ0v) is 14.5. The molecule has 5 nitrogen and oxygen atoms in total. The Morgan fingerprint density at radius 3 is 2.65 bits per heavy atom. The van der Waals surface area contributed by atoms with Crippen LogP contribution in [-0.4, -0.2) is 25.3 Å². The lowest BCUT2D eigenvalue weighted by Gasteiger charge is -2.34. The van der Waals surface area contributed by atoms with Crippen LogP contribution in [0, 0.1) is 11.3 Å². The van der Waals surface area contributed by atoms with Gasteiger partial charge in [-0.1, -0.05) is 20.8 Å². The number of nitrogens with one attached hydrogen (secondary N) is 2. The van der Waals surface area contributed by atoms with E-state index >= 15 is 0 Å². The second-order valence-corrected chi connectivity index (χ2v) is 7.15. The molecule has 0 saturated heterocycles. The maximum atomic E-state index is 11.9. The molecule has 5 heteroatoms. The Kier molecular flexibility index (Phi) is 5.64. The summed E-state index contributed by atoms with van der Waals surface area (Å²) in [4.78, 5) is 11.9. The lowest BCUT2D eigenvalue weighted by molar-refractivity contribution is -0.119. The van der Waals surface area contributed by atoms with Crippen LogP contribution >= 0.6 is 0 Å². The van der Waals surface area contributed by atoms with E-state index in [1.807, 2.05) is 24.3 Å². The molecule has 23 heavy (non-hydrogen) atoms. The van der Waals surface area contributed by atoms with Gasteiger partial charge in [0.1, 0.15) is 5.75 Å². The molecule has 1 aromatic rings. The second kappa shape index (κ2) is 7.49. The number of carbonyl (C=O) groups is 1. The molecule has 1 saturated carbocycles. The number of methoxy groups -OCH3 is 1. The third-order valence-corrected chi connectivity index (χ3v) is 4.05. The van der Waals surface area contributed by atoms with Crippen molar-refractivity contribution in [1.29, 1.82) is 0 Å². The minimum Gasteiger partial charge on any atom is -0.497 e. The standard InChI is InChI=1S/C18H27N3O2/c1-13-9-15(11-18(2,3)10-13)20-21-17(22)12-19-14-5-7-16(23-4)8-6-14/h5-8,13,19H,9-12H2,1-4H3,(H,21,22)/b20-15-/t13-/m1/s1. The van der Waals surface area contributed by atoms with Gasteiger partial charge in [0, 0.05) is 11.4 Å². The van der Waals surface area contributed by atoms with E-state index in [4.69, 9.17) is 4.74 Å². The van der Waals surface area contributed by atoms with Crippen LogP contribution in [0.1, 0.15) is 40.0 Å². The summed E-state index contributed by atoms with van der Waals surface area (Å²) in [5.74, 6) is 1.27. The molecule has 1 fully saturated rings. The molecular weight excluding hydrogens is 290 g/mol. The molecule has 0 aliphatic heterocycles. The van der Waals surface area contributed by atoms with Gasteiger partial charge in [0.25, 0.3) is 5.91 Å². The number of anilines is 1. The minimum atomic E-state index is -0.135. The molecule has 2 N–H and O–H groups in total. The first-order valence-corrected chi connectivity index (χ1v) is 8.10. The first-order valence-electron chi connectivity index (χ1n) is 8.10. The molecule has 126 valence electrons. The number of benzene rings is 1. The number of hydrazone groups is 1. The van der Waals surface area contributed by atoms with E-state index < -0.39 is 0 Å². The van der Waals surface area contributed by atoms with Crippen molar-refractivity contribution in [2.24, 2.45) is 16.4 Å². The fourth-order valence-corrected chi connectivity index (χ4v) is 3.27. The van der Waals surface area contributed by atoms with Gasteiger partial charge in [0.05, 0.1) is 13.7 Å². The highest BCUT2D eigenvalue weighted by Crippen LogP contribution is 2.36. The number of nitrogens with zero attached hydrogens (tertiary/aromatic N) is 1. The number of hydrogen-bond acceptors (Lipinski definition) is 4. The Balaban J connectivity index is 1.81. The van der Waals surface area contributed by atoms with Crippen LogP contribution in [0.2, 0.25) is 0 Å². The van der Waals surface area contributed by atoms with Crippen molar-refractivity contribution in [1.82, 2.24) is 5.43 Å². The van der Waals surface area contributed by atoms with Crippen molar-refractivity contribution < 1.29 is 9.53 Å². The predicted octanol–water partition coefficient (Wildman–Crippen LogP) is 3.43. The maximum Gasteiger partial charge on any atom is 0.259 e. The molecular formula is C18H27N3O2. The van der Waals surface area contributed by atoms with Crippen LogP contribution in [0.25, 0.3) is 0 Å². The highest BCUT2D eigenvalue weighted by molar-refractivity contribution is 5.88. The van der Waals surface area contributed by atoms with Gasteiger partial charge in [0.2, 0.25) is 0 Å². The van der Waals surface area contributed by atoms with Gasteiger partial charge in [-0.2, -0.15) is 5.10 Å². The summed E-state index contributed by atoms with van der Waals surface area (Å²) in [7, 11) is 1.63. The molecule has 1 aliphatic rings. The normalized spacial score (nSPS) is 21.7. The van der Waals surface area contributed by atoms with Crippen LogP contribution in [-0.2, 0) is 4.79 Å². The average Bonchev–Trinajstić information content (AvgIpc) is 2.49. The molecule has 0 bridgehead atoms. The number of rotatable bonds is 5. The van der Waals surface area contributed by atoms with Crippen molar-refractivity contribution >= 4 is 17.3 Å². The summed E-state index contributed by atoms with van der Waals surface area (Å²) in [6.07, 6.45) is 3.12. The van der Waals surface area contributed by atoms with Crippen LogP contribution < -0.4 is 15.5 Å². The third-order valence-electron chi connectivity index (χ3n) is 4.05. The van der Waals surface area contributed by atoms with Gasteiger partial charge >= 0.3 is 0 Å². The molecule has 1 atom stereocenters. The SMILES string of the molecule is COc1ccc(NCC(=O)N/N=C2/C[C@@H](C)CC(C)(C)C2)cc1. The van der Waals surface area contributed by atoms with E-state index in [1.54, 1.807) is 7.11 Å². The topological polar surface area (TPSA) is 62.7 Å². The van der Waals surface area contributed by atoms with E-state index in [-0.39, 0.29) is 17.9 Å². The molecule has 0 heterocycles. The Morgan fingerprint density at radius 2 is 2.04 bits per heavy atom. The minimum absolute atomic E-state index is 0.135. The predicted molar refractivity (Wildman–Crippen MR) is 93.9 cm³/mol. The quantitative estimate of drug-likeness (QED) is 0.818. The Labute approximate surface area is 138 Å². The molecule has 0 aromatic heterocycles. The Morgan fingerprint density at radius 1 is 1.35 bits per heavy atom. The fraction of sp³-hybridized carbons (Fsp3) is 0.556. The van der Waals surface area contributed by atoms with E-state index in [9.17, 15) is 4.79 Å².